The first-order valence-corrected chi connectivity index (χ1v) is 7.88. The maximum Gasteiger partial charge on any atom is 0.0163 e. The Balaban J connectivity index is 3.88. The Morgan fingerprint density at radius 1 is 0.556 bits per heavy atom. The zero-order valence-corrected chi connectivity index (χ0v) is 13.1. The molecule has 2 nitrogen and oxygen atoms in total. The lowest BCUT2D eigenvalue weighted by atomic mass is 10.3. The van der Waals surface area contributed by atoms with E-state index in [4.69, 9.17) is 0 Å². The molecule has 0 aliphatic heterocycles. The van der Waals surface area contributed by atoms with Crippen LogP contribution in [0.1, 0.15) is 53.4 Å². The van der Waals surface area contributed by atoms with Crippen LogP contribution in [-0.2, 0) is 0 Å². The topological polar surface area (TPSA) is 6.48 Å². The molecule has 0 rings (SSSR count). The maximum absolute atomic E-state index is 2.54. The van der Waals surface area contributed by atoms with Crippen molar-refractivity contribution < 1.29 is 0 Å². The van der Waals surface area contributed by atoms with E-state index in [1.807, 2.05) is 0 Å². The molecule has 0 N–H and O–H groups in total. The zero-order chi connectivity index (χ0) is 13.6. The number of rotatable bonds is 12. The van der Waals surface area contributed by atoms with Crippen LogP contribution in [0.2, 0.25) is 0 Å². The Hall–Kier alpha value is -0.340. The molecule has 0 saturated heterocycles. The van der Waals surface area contributed by atoms with Gasteiger partial charge in [0.2, 0.25) is 0 Å². The molecule has 0 amide bonds. The van der Waals surface area contributed by atoms with Crippen LogP contribution in [0.5, 0.6) is 0 Å². The molecule has 0 saturated carbocycles. The van der Waals surface area contributed by atoms with E-state index in [2.05, 4.69) is 49.6 Å². The lowest BCUT2D eigenvalue weighted by Gasteiger charge is -2.20. The first kappa shape index (κ1) is 17.7. The van der Waals surface area contributed by atoms with E-state index < -0.39 is 0 Å². The van der Waals surface area contributed by atoms with E-state index in [0.717, 1.165) is 13.1 Å². The summed E-state index contributed by atoms with van der Waals surface area (Å²) in [7, 11) is 0. The fourth-order valence-corrected chi connectivity index (χ4v) is 2.30. The molecule has 0 radical (unpaired) electrons. The fraction of sp³-hybridized carbons (Fsp3) is 0.875. The summed E-state index contributed by atoms with van der Waals surface area (Å²) < 4.78 is 0. The van der Waals surface area contributed by atoms with Crippen molar-refractivity contribution in [3.05, 3.63) is 12.2 Å². The summed E-state index contributed by atoms with van der Waals surface area (Å²) in [6, 6.07) is 0. The van der Waals surface area contributed by atoms with Crippen LogP contribution in [0.25, 0.3) is 0 Å². The zero-order valence-electron chi connectivity index (χ0n) is 13.1. The second-order valence-corrected chi connectivity index (χ2v) is 5.07. The van der Waals surface area contributed by atoms with Gasteiger partial charge in [0.05, 0.1) is 0 Å². The number of hydrogen-bond acceptors (Lipinski definition) is 2. The van der Waals surface area contributed by atoms with Gasteiger partial charge < -0.3 is 0 Å². The number of hydrogen-bond donors (Lipinski definition) is 0. The van der Waals surface area contributed by atoms with Gasteiger partial charge in [-0.2, -0.15) is 0 Å². The highest BCUT2D eigenvalue weighted by Crippen LogP contribution is 1.97. The standard InChI is InChI=1S/C16H34N2/c1-5-11-17(12-6-2)15-9-10-16-18(13-7-3)14-8-4/h9-10H,5-8,11-16H2,1-4H3. The van der Waals surface area contributed by atoms with Gasteiger partial charge in [0.1, 0.15) is 0 Å². The van der Waals surface area contributed by atoms with Crippen molar-refractivity contribution in [1.29, 1.82) is 0 Å². The van der Waals surface area contributed by atoms with Gasteiger partial charge in [-0.1, -0.05) is 39.8 Å². The lowest BCUT2D eigenvalue weighted by Crippen LogP contribution is -2.27. The van der Waals surface area contributed by atoms with Crippen molar-refractivity contribution in [3.8, 4) is 0 Å². The molecule has 108 valence electrons. The van der Waals surface area contributed by atoms with Crippen LogP contribution < -0.4 is 0 Å². The molecule has 0 aromatic carbocycles. The molecular formula is C16H34N2. The molecule has 0 aliphatic rings. The Kier molecular flexibility index (Phi) is 12.9. The quantitative estimate of drug-likeness (QED) is 0.489. The van der Waals surface area contributed by atoms with Crippen LogP contribution in [0, 0.1) is 0 Å². The normalized spacial score (nSPS) is 12.1. The smallest absolute Gasteiger partial charge is 0.0163 e. The Labute approximate surface area is 115 Å². The molecular weight excluding hydrogens is 220 g/mol. The Morgan fingerprint density at radius 2 is 0.833 bits per heavy atom. The fourth-order valence-electron chi connectivity index (χ4n) is 2.30. The molecule has 0 aliphatic carbocycles. The first-order valence-electron chi connectivity index (χ1n) is 7.88. The van der Waals surface area contributed by atoms with Gasteiger partial charge in [-0.15, -0.1) is 0 Å². The van der Waals surface area contributed by atoms with Gasteiger partial charge in [0, 0.05) is 13.1 Å². The summed E-state index contributed by atoms with van der Waals surface area (Å²) in [5.41, 5.74) is 0. The summed E-state index contributed by atoms with van der Waals surface area (Å²) >= 11 is 0. The van der Waals surface area contributed by atoms with Crippen LogP contribution in [0.4, 0.5) is 0 Å². The predicted octanol–water partition coefficient (Wildman–Crippen LogP) is 3.79. The minimum absolute atomic E-state index is 1.12. The molecule has 0 bridgehead atoms. The van der Waals surface area contributed by atoms with Gasteiger partial charge in [-0.05, 0) is 51.9 Å². The molecule has 0 spiro atoms. The Morgan fingerprint density at radius 3 is 1.06 bits per heavy atom. The SMILES string of the molecule is CCCN(CC=CCN(CCC)CCC)CCC. The summed E-state index contributed by atoms with van der Waals surface area (Å²) in [6.07, 6.45) is 9.72. The largest absolute Gasteiger partial charge is 0.300 e. The van der Waals surface area contributed by atoms with E-state index in [1.54, 1.807) is 0 Å². The Bertz CT molecular complexity index is 158. The van der Waals surface area contributed by atoms with Crippen molar-refractivity contribution >= 4 is 0 Å². The van der Waals surface area contributed by atoms with E-state index in [9.17, 15) is 0 Å². The molecule has 2 heteroatoms. The van der Waals surface area contributed by atoms with E-state index in [-0.39, 0.29) is 0 Å². The van der Waals surface area contributed by atoms with Gasteiger partial charge >= 0.3 is 0 Å². The predicted molar refractivity (Wildman–Crippen MR) is 83.2 cm³/mol. The molecule has 0 heterocycles. The van der Waals surface area contributed by atoms with E-state index >= 15 is 0 Å². The molecule has 0 aromatic rings. The van der Waals surface area contributed by atoms with E-state index in [0.29, 0.717) is 0 Å². The highest BCUT2D eigenvalue weighted by molar-refractivity contribution is 4.87. The molecule has 0 atom stereocenters. The van der Waals surface area contributed by atoms with Crippen LogP contribution in [0.15, 0.2) is 12.2 Å². The van der Waals surface area contributed by atoms with Crippen molar-refractivity contribution in [3.63, 3.8) is 0 Å². The molecule has 18 heavy (non-hydrogen) atoms. The third-order valence-electron chi connectivity index (χ3n) is 3.05. The molecule has 0 fully saturated rings. The minimum Gasteiger partial charge on any atom is -0.300 e. The second kappa shape index (κ2) is 13.1. The van der Waals surface area contributed by atoms with Gasteiger partial charge in [-0.25, -0.2) is 0 Å². The highest BCUT2D eigenvalue weighted by atomic mass is 15.1. The molecule has 0 unspecified atom stereocenters. The first-order chi connectivity index (χ1) is 8.78. The van der Waals surface area contributed by atoms with Crippen molar-refractivity contribution in [2.45, 2.75) is 53.4 Å². The average molecular weight is 254 g/mol. The summed E-state index contributed by atoms with van der Waals surface area (Å²) in [6.45, 7) is 16.2. The summed E-state index contributed by atoms with van der Waals surface area (Å²) in [5, 5.41) is 0. The second-order valence-electron chi connectivity index (χ2n) is 5.07. The van der Waals surface area contributed by atoms with Crippen molar-refractivity contribution in [2.24, 2.45) is 0 Å². The monoisotopic (exact) mass is 254 g/mol. The van der Waals surface area contributed by atoms with Crippen molar-refractivity contribution in [2.75, 3.05) is 39.3 Å². The van der Waals surface area contributed by atoms with Gasteiger partial charge in [-0.3, -0.25) is 9.80 Å². The van der Waals surface area contributed by atoms with Crippen LogP contribution >= 0.6 is 0 Å². The summed E-state index contributed by atoms with van der Waals surface area (Å²) in [4.78, 5) is 5.08. The van der Waals surface area contributed by atoms with E-state index in [1.165, 1.54) is 51.9 Å². The third kappa shape index (κ3) is 9.67. The average Bonchev–Trinajstić information content (AvgIpc) is 2.35. The number of nitrogens with zero attached hydrogens (tertiary/aromatic N) is 2. The van der Waals surface area contributed by atoms with Crippen LogP contribution in [0.3, 0.4) is 0 Å². The van der Waals surface area contributed by atoms with Gasteiger partial charge in [0.25, 0.3) is 0 Å². The van der Waals surface area contributed by atoms with Crippen molar-refractivity contribution in [1.82, 2.24) is 9.80 Å². The summed E-state index contributed by atoms with van der Waals surface area (Å²) in [5.74, 6) is 0. The lowest BCUT2D eigenvalue weighted by molar-refractivity contribution is 0.296. The van der Waals surface area contributed by atoms with Crippen LogP contribution in [-0.4, -0.2) is 49.1 Å². The molecule has 0 aromatic heterocycles. The van der Waals surface area contributed by atoms with Gasteiger partial charge in [0.15, 0.2) is 0 Å². The third-order valence-corrected chi connectivity index (χ3v) is 3.05. The highest BCUT2D eigenvalue weighted by Gasteiger charge is 2.00. The maximum atomic E-state index is 2.54. The minimum atomic E-state index is 1.12.